The van der Waals surface area contributed by atoms with E-state index >= 15 is 0 Å². The molecule has 1 unspecified atom stereocenters. The van der Waals surface area contributed by atoms with Crippen LogP contribution in [0.2, 0.25) is 0 Å². The van der Waals surface area contributed by atoms with Gasteiger partial charge >= 0.3 is 0 Å². The van der Waals surface area contributed by atoms with E-state index in [4.69, 9.17) is 4.74 Å². The maximum absolute atomic E-state index is 11.1. The van der Waals surface area contributed by atoms with E-state index in [1.165, 1.54) is 6.07 Å². The molecule has 0 aliphatic carbocycles. The number of rotatable bonds is 3. The van der Waals surface area contributed by atoms with Crippen LogP contribution >= 0.6 is 15.9 Å². The zero-order chi connectivity index (χ0) is 14.1. The molecule has 7 heteroatoms. The molecule has 1 N–H and O–H groups in total. The van der Waals surface area contributed by atoms with Crippen molar-refractivity contribution in [1.29, 1.82) is 0 Å². The van der Waals surface area contributed by atoms with Crippen LogP contribution in [0.15, 0.2) is 22.7 Å². The number of fused-ring (bicyclic) bond motifs is 1. The summed E-state index contributed by atoms with van der Waals surface area (Å²) in [5.74, 6) is 0. The lowest BCUT2D eigenvalue weighted by Gasteiger charge is -2.28. The van der Waals surface area contributed by atoms with Crippen molar-refractivity contribution in [3.8, 4) is 0 Å². The van der Waals surface area contributed by atoms with Crippen molar-refractivity contribution in [3.05, 3.63) is 32.8 Å². The van der Waals surface area contributed by atoms with Gasteiger partial charge in [0.05, 0.1) is 18.1 Å². The van der Waals surface area contributed by atoms with Crippen molar-refractivity contribution in [3.63, 3.8) is 0 Å². The molecule has 1 aromatic rings. The molecule has 0 aromatic heterocycles. The average Bonchev–Trinajstić information content (AvgIpc) is 2.82. The fourth-order valence-electron chi connectivity index (χ4n) is 2.94. The lowest BCUT2D eigenvalue weighted by atomic mass is 10.1. The average molecular weight is 342 g/mol. The highest BCUT2D eigenvalue weighted by atomic mass is 79.9. The lowest BCUT2D eigenvalue weighted by molar-refractivity contribution is -0.384. The van der Waals surface area contributed by atoms with E-state index in [1.807, 2.05) is 6.07 Å². The highest BCUT2D eigenvalue weighted by molar-refractivity contribution is 9.10. The van der Waals surface area contributed by atoms with Crippen LogP contribution in [0, 0.1) is 10.1 Å². The third-order valence-corrected chi connectivity index (χ3v) is 4.37. The summed E-state index contributed by atoms with van der Waals surface area (Å²) >= 11 is 3.27. The highest BCUT2D eigenvalue weighted by Crippen LogP contribution is 2.31. The molecule has 0 spiro atoms. The van der Waals surface area contributed by atoms with Crippen molar-refractivity contribution in [2.45, 2.75) is 18.5 Å². The monoisotopic (exact) mass is 341 g/mol. The minimum atomic E-state index is -0.349. The van der Waals surface area contributed by atoms with Gasteiger partial charge in [-0.25, -0.2) is 0 Å². The van der Waals surface area contributed by atoms with E-state index < -0.39 is 0 Å². The Morgan fingerprint density at radius 3 is 3.10 bits per heavy atom. The number of benzene rings is 1. The van der Waals surface area contributed by atoms with E-state index in [0.717, 1.165) is 32.7 Å². The molecule has 3 rings (SSSR count). The smallest absolute Gasteiger partial charge is 0.293 e. The molecule has 108 valence electrons. The Morgan fingerprint density at radius 2 is 2.35 bits per heavy atom. The highest BCUT2D eigenvalue weighted by Gasteiger charge is 2.34. The lowest BCUT2D eigenvalue weighted by Crippen LogP contribution is -2.40. The molecule has 0 amide bonds. The van der Waals surface area contributed by atoms with Gasteiger partial charge in [-0.2, -0.15) is 0 Å². The Morgan fingerprint density at radius 1 is 1.50 bits per heavy atom. The molecule has 2 aliphatic rings. The van der Waals surface area contributed by atoms with Gasteiger partial charge in [-0.3, -0.25) is 15.0 Å². The Hall–Kier alpha value is -1.18. The summed E-state index contributed by atoms with van der Waals surface area (Å²) < 4.78 is 6.19. The normalized spacial score (nSPS) is 26.2. The molecule has 2 atom stereocenters. The third kappa shape index (κ3) is 2.79. The Kier molecular flexibility index (Phi) is 3.91. The minimum absolute atomic E-state index is 0.112. The van der Waals surface area contributed by atoms with Gasteiger partial charge in [0.2, 0.25) is 0 Å². The Bertz CT molecular complexity index is 512. The zero-order valence-electron chi connectivity index (χ0n) is 10.9. The van der Waals surface area contributed by atoms with Crippen molar-refractivity contribution < 1.29 is 9.66 Å². The molecule has 20 heavy (non-hydrogen) atoms. The number of hydrogen-bond acceptors (Lipinski definition) is 5. The van der Waals surface area contributed by atoms with Crippen molar-refractivity contribution in [2.24, 2.45) is 0 Å². The van der Waals surface area contributed by atoms with E-state index in [0.29, 0.717) is 16.2 Å². The van der Waals surface area contributed by atoms with Gasteiger partial charge in [-0.05, 0) is 18.6 Å². The first kappa shape index (κ1) is 13.8. The van der Waals surface area contributed by atoms with Crippen LogP contribution in [-0.2, 0) is 4.74 Å². The van der Waals surface area contributed by atoms with Gasteiger partial charge in [0.1, 0.15) is 5.69 Å². The fourth-order valence-corrected chi connectivity index (χ4v) is 3.28. The molecule has 6 nitrogen and oxygen atoms in total. The molecule has 2 saturated heterocycles. The summed E-state index contributed by atoms with van der Waals surface area (Å²) in [6, 6.07) is 5.79. The van der Waals surface area contributed by atoms with Gasteiger partial charge in [-0.1, -0.05) is 15.9 Å². The molecular formula is C13H16BrN3O3. The number of nitrogens with zero attached hydrogens (tertiary/aromatic N) is 2. The van der Waals surface area contributed by atoms with Gasteiger partial charge in [0, 0.05) is 35.7 Å². The van der Waals surface area contributed by atoms with Crippen molar-refractivity contribution >= 4 is 27.3 Å². The minimum Gasteiger partial charge on any atom is -0.378 e. The second kappa shape index (κ2) is 5.67. The standard InChI is InChI=1S/C13H16BrN3O3/c14-9-1-2-12(13(5-9)17(18)19)15-10-6-11-8-20-4-3-16(11)7-10/h1-2,5,10-11,15H,3-4,6-8H2/t10?,11-/m1/s1. The number of halogens is 1. The second-order valence-electron chi connectivity index (χ2n) is 5.22. The molecule has 2 fully saturated rings. The molecule has 2 heterocycles. The first-order valence-corrected chi connectivity index (χ1v) is 7.45. The molecule has 1 aromatic carbocycles. The summed E-state index contributed by atoms with van der Waals surface area (Å²) in [4.78, 5) is 13.2. The van der Waals surface area contributed by atoms with Crippen LogP contribution in [0.25, 0.3) is 0 Å². The van der Waals surface area contributed by atoms with E-state index in [2.05, 4.69) is 26.1 Å². The van der Waals surface area contributed by atoms with Gasteiger partial charge < -0.3 is 10.1 Å². The molecule has 0 radical (unpaired) electrons. The summed E-state index contributed by atoms with van der Waals surface area (Å²) in [7, 11) is 0. The van der Waals surface area contributed by atoms with Crippen molar-refractivity contribution in [1.82, 2.24) is 4.90 Å². The zero-order valence-corrected chi connectivity index (χ0v) is 12.5. The number of nitro benzene ring substituents is 1. The number of nitrogens with one attached hydrogen (secondary N) is 1. The van der Waals surface area contributed by atoms with Crippen LogP contribution in [0.1, 0.15) is 6.42 Å². The predicted molar refractivity (Wildman–Crippen MR) is 79.0 cm³/mol. The van der Waals surface area contributed by atoms with E-state index in [1.54, 1.807) is 6.07 Å². The first-order valence-electron chi connectivity index (χ1n) is 6.66. The topological polar surface area (TPSA) is 67.6 Å². The predicted octanol–water partition coefficient (Wildman–Crippen LogP) is 2.24. The first-order chi connectivity index (χ1) is 9.63. The maximum Gasteiger partial charge on any atom is 0.293 e. The van der Waals surface area contributed by atoms with Gasteiger partial charge in [0.25, 0.3) is 5.69 Å². The SMILES string of the molecule is O=[N+]([O-])c1cc(Br)ccc1NC1C[C@@H]2COCCN2C1. The van der Waals surface area contributed by atoms with Crippen LogP contribution in [0.4, 0.5) is 11.4 Å². The fraction of sp³-hybridized carbons (Fsp3) is 0.538. The molecule has 2 aliphatic heterocycles. The van der Waals surface area contributed by atoms with Crippen LogP contribution in [-0.4, -0.2) is 48.2 Å². The van der Waals surface area contributed by atoms with E-state index in [-0.39, 0.29) is 16.7 Å². The van der Waals surface area contributed by atoms with Crippen molar-refractivity contribution in [2.75, 3.05) is 31.6 Å². The number of ether oxygens (including phenoxy) is 1. The Labute approximate surface area is 125 Å². The maximum atomic E-state index is 11.1. The number of anilines is 1. The van der Waals surface area contributed by atoms with E-state index in [9.17, 15) is 10.1 Å². The summed E-state index contributed by atoms with van der Waals surface area (Å²) in [5, 5.41) is 14.4. The van der Waals surface area contributed by atoms with Gasteiger partial charge in [0.15, 0.2) is 0 Å². The van der Waals surface area contributed by atoms with Crippen LogP contribution in [0.3, 0.4) is 0 Å². The third-order valence-electron chi connectivity index (χ3n) is 3.88. The second-order valence-corrected chi connectivity index (χ2v) is 6.13. The quantitative estimate of drug-likeness (QED) is 0.674. The molecular weight excluding hydrogens is 326 g/mol. The van der Waals surface area contributed by atoms with Crippen LogP contribution in [0.5, 0.6) is 0 Å². The van der Waals surface area contributed by atoms with Gasteiger partial charge in [-0.15, -0.1) is 0 Å². The number of nitro groups is 1. The molecule has 0 saturated carbocycles. The van der Waals surface area contributed by atoms with Crippen LogP contribution < -0.4 is 5.32 Å². The Balaban J connectivity index is 1.73. The number of hydrogen-bond donors (Lipinski definition) is 1. The number of morpholine rings is 1. The molecule has 0 bridgehead atoms. The summed E-state index contributed by atoms with van der Waals surface area (Å²) in [5.41, 5.74) is 0.699. The summed E-state index contributed by atoms with van der Waals surface area (Å²) in [6.45, 7) is 3.41. The largest absolute Gasteiger partial charge is 0.378 e. The summed E-state index contributed by atoms with van der Waals surface area (Å²) in [6.07, 6.45) is 0.965.